The van der Waals surface area contributed by atoms with Crippen molar-refractivity contribution >= 4 is 34.1 Å². The molecule has 0 radical (unpaired) electrons. The van der Waals surface area contributed by atoms with E-state index in [2.05, 4.69) is 9.97 Å². The average molecular weight is 307 g/mol. The third kappa shape index (κ3) is 2.35. The van der Waals surface area contributed by atoms with Gasteiger partial charge in [0.05, 0.1) is 5.52 Å². The van der Waals surface area contributed by atoms with E-state index in [0.29, 0.717) is 32.5 Å². The second-order valence-electron chi connectivity index (χ2n) is 4.46. The van der Waals surface area contributed by atoms with E-state index in [1.54, 1.807) is 37.3 Å². The number of rotatable bonds is 1. The Labute approximate surface area is 125 Å². The molecule has 0 aliphatic rings. The molecule has 0 amide bonds. The lowest BCUT2D eigenvalue weighted by Gasteiger charge is -2.06. The summed E-state index contributed by atoms with van der Waals surface area (Å²) in [6.45, 7) is 1.68. The average Bonchev–Trinajstić information content (AvgIpc) is 2.42. The number of fused-ring (bicyclic) bond motifs is 1. The Balaban J connectivity index is 2.23. The Bertz CT molecular complexity index is 801. The molecular weight excluding hydrogens is 298 g/mol. The SMILES string of the molecule is Cc1cc2c(Cl)nc(-c3ccc(Cl)cc3)nc2cc1F. The predicted octanol–water partition coefficient (Wildman–Crippen LogP) is 5.05. The highest BCUT2D eigenvalue weighted by Gasteiger charge is 2.10. The standard InChI is InChI=1S/C15H9Cl2FN2/c1-8-6-11-13(7-12(8)18)19-15(20-14(11)17)9-2-4-10(16)5-3-9/h2-7H,1H3. The van der Waals surface area contributed by atoms with E-state index in [0.717, 1.165) is 5.56 Å². The van der Waals surface area contributed by atoms with E-state index in [4.69, 9.17) is 23.2 Å². The molecule has 0 aliphatic heterocycles. The number of halogens is 3. The quantitative estimate of drug-likeness (QED) is 0.588. The Morgan fingerprint density at radius 1 is 1.00 bits per heavy atom. The number of aryl methyl sites for hydroxylation is 1. The van der Waals surface area contributed by atoms with E-state index >= 15 is 0 Å². The van der Waals surface area contributed by atoms with Crippen LogP contribution in [-0.2, 0) is 0 Å². The summed E-state index contributed by atoms with van der Waals surface area (Å²) in [7, 11) is 0. The minimum atomic E-state index is -0.311. The summed E-state index contributed by atoms with van der Waals surface area (Å²) >= 11 is 12.0. The van der Waals surface area contributed by atoms with Gasteiger partial charge in [-0.2, -0.15) is 0 Å². The first-order valence-electron chi connectivity index (χ1n) is 5.94. The van der Waals surface area contributed by atoms with Crippen LogP contribution in [0, 0.1) is 12.7 Å². The van der Waals surface area contributed by atoms with E-state index in [1.165, 1.54) is 6.07 Å². The monoisotopic (exact) mass is 306 g/mol. The van der Waals surface area contributed by atoms with Gasteiger partial charge in [-0.05, 0) is 42.8 Å². The highest BCUT2D eigenvalue weighted by molar-refractivity contribution is 6.34. The molecule has 2 aromatic carbocycles. The lowest BCUT2D eigenvalue weighted by atomic mass is 10.1. The third-order valence-corrected chi connectivity index (χ3v) is 3.57. The first-order valence-corrected chi connectivity index (χ1v) is 6.69. The highest BCUT2D eigenvalue weighted by atomic mass is 35.5. The smallest absolute Gasteiger partial charge is 0.161 e. The molecule has 3 aromatic rings. The Morgan fingerprint density at radius 2 is 1.70 bits per heavy atom. The van der Waals surface area contributed by atoms with Crippen molar-refractivity contribution in [2.45, 2.75) is 6.92 Å². The zero-order valence-electron chi connectivity index (χ0n) is 10.5. The Morgan fingerprint density at radius 3 is 2.40 bits per heavy atom. The van der Waals surface area contributed by atoms with Crippen LogP contribution in [0.25, 0.3) is 22.3 Å². The molecule has 0 atom stereocenters. The van der Waals surface area contributed by atoms with Crippen molar-refractivity contribution in [2.24, 2.45) is 0 Å². The molecule has 0 fully saturated rings. The van der Waals surface area contributed by atoms with Crippen molar-refractivity contribution in [3.63, 3.8) is 0 Å². The Kier molecular flexibility index (Phi) is 3.32. The van der Waals surface area contributed by atoms with Crippen molar-refractivity contribution in [3.8, 4) is 11.4 Å². The minimum absolute atomic E-state index is 0.308. The fourth-order valence-corrected chi connectivity index (χ4v) is 2.31. The Hall–Kier alpha value is -1.71. The summed E-state index contributed by atoms with van der Waals surface area (Å²) in [6.07, 6.45) is 0. The van der Waals surface area contributed by atoms with Crippen LogP contribution < -0.4 is 0 Å². The second-order valence-corrected chi connectivity index (χ2v) is 5.26. The molecular formula is C15H9Cl2FN2. The third-order valence-electron chi connectivity index (χ3n) is 3.03. The predicted molar refractivity (Wildman–Crippen MR) is 79.7 cm³/mol. The molecule has 0 N–H and O–H groups in total. The first kappa shape index (κ1) is 13.3. The van der Waals surface area contributed by atoms with Crippen LogP contribution in [0.4, 0.5) is 4.39 Å². The van der Waals surface area contributed by atoms with Crippen LogP contribution in [0.3, 0.4) is 0 Å². The number of nitrogens with zero attached hydrogens (tertiary/aromatic N) is 2. The summed E-state index contributed by atoms with van der Waals surface area (Å²) in [6, 6.07) is 10.1. The number of hydrogen-bond acceptors (Lipinski definition) is 2. The molecule has 0 saturated heterocycles. The van der Waals surface area contributed by atoms with E-state index < -0.39 is 0 Å². The molecule has 1 heterocycles. The van der Waals surface area contributed by atoms with E-state index in [9.17, 15) is 4.39 Å². The molecule has 20 heavy (non-hydrogen) atoms. The summed E-state index contributed by atoms with van der Waals surface area (Å²) in [5.74, 6) is 0.136. The zero-order valence-corrected chi connectivity index (χ0v) is 12.0. The van der Waals surface area contributed by atoms with Crippen LogP contribution in [-0.4, -0.2) is 9.97 Å². The maximum absolute atomic E-state index is 13.6. The van der Waals surface area contributed by atoms with Crippen molar-refractivity contribution < 1.29 is 4.39 Å². The van der Waals surface area contributed by atoms with Gasteiger partial charge >= 0.3 is 0 Å². The van der Waals surface area contributed by atoms with Crippen LogP contribution >= 0.6 is 23.2 Å². The topological polar surface area (TPSA) is 25.8 Å². The molecule has 0 aliphatic carbocycles. The number of aromatic nitrogens is 2. The van der Waals surface area contributed by atoms with Gasteiger partial charge in [-0.1, -0.05) is 23.2 Å². The molecule has 3 rings (SSSR count). The first-order chi connectivity index (χ1) is 9.54. The van der Waals surface area contributed by atoms with Crippen LogP contribution in [0.2, 0.25) is 10.2 Å². The van der Waals surface area contributed by atoms with Gasteiger partial charge in [0.2, 0.25) is 0 Å². The second kappa shape index (κ2) is 5.00. The molecule has 2 nitrogen and oxygen atoms in total. The van der Waals surface area contributed by atoms with Gasteiger partial charge in [0.1, 0.15) is 11.0 Å². The maximum Gasteiger partial charge on any atom is 0.161 e. The van der Waals surface area contributed by atoms with Gasteiger partial charge in [-0.25, -0.2) is 14.4 Å². The highest BCUT2D eigenvalue weighted by Crippen LogP contribution is 2.27. The summed E-state index contributed by atoms with van der Waals surface area (Å²) < 4.78 is 13.6. The number of hydrogen-bond donors (Lipinski definition) is 0. The fourth-order valence-electron chi connectivity index (χ4n) is 1.95. The van der Waals surface area contributed by atoms with Crippen molar-refractivity contribution in [1.29, 1.82) is 0 Å². The molecule has 0 saturated carbocycles. The van der Waals surface area contributed by atoms with Crippen LogP contribution in [0.5, 0.6) is 0 Å². The van der Waals surface area contributed by atoms with Gasteiger partial charge in [0.25, 0.3) is 0 Å². The molecule has 5 heteroatoms. The van der Waals surface area contributed by atoms with E-state index in [1.807, 2.05) is 0 Å². The minimum Gasteiger partial charge on any atom is -0.228 e. The zero-order chi connectivity index (χ0) is 14.3. The summed E-state index contributed by atoms with van der Waals surface area (Å²) in [5, 5.41) is 1.58. The molecule has 1 aromatic heterocycles. The van der Waals surface area contributed by atoms with E-state index in [-0.39, 0.29) is 5.82 Å². The maximum atomic E-state index is 13.6. The summed E-state index contributed by atoms with van der Waals surface area (Å²) in [4.78, 5) is 8.62. The van der Waals surface area contributed by atoms with Gasteiger partial charge in [0.15, 0.2) is 5.82 Å². The lowest BCUT2D eigenvalue weighted by Crippen LogP contribution is -1.94. The largest absolute Gasteiger partial charge is 0.228 e. The van der Waals surface area contributed by atoms with Gasteiger partial charge in [0, 0.05) is 22.0 Å². The van der Waals surface area contributed by atoms with Gasteiger partial charge in [-0.3, -0.25) is 0 Å². The van der Waals surface area contributed by atoms with Crippen molar-refractivity contribution in [3.05, 3.63) is 58.0 Å². The molecule has 0 spiro atoms. The van der Waals surface area contributed by atoms with Gasteiger partial charge < -0.3 is 0 Å². The normalized spacial score (nSPS) is 11.0. The summed E-state index contributed by atoms with van der Waals surface area (Å²) in [5.41, 5.74) is 1.78. The van der Waals surface area contributed by atoms with Gasteiger partial charge in [-0.15, -0.1) is 0 Å². The van der Waals surface area contributed by atoms with Crippen LogP contribution in [0.1, 0.15) is 5.56 Å². The number of benzene rings is 2. The molecule has 0 unspecified atom stereocenters. The van der Waals surface area contributed by atoms with Crippen LogP contribution in [0.15, 0.2) is 36.4 Å². The van der Waals surface area contributed by atoms with Crippen molar-refractivity contribution in [1.82, 2.24) is 9.97 Å². The lowest BCUT2D eigenvalue weighted by molar-refractivity contribution is 0.620. The molecule has 100 valence electrons. The molecule has 0 bridgehead atoms. The fraction of sp³-hybridized carbons (Fsp3) is 0.0667. The van der Waals surface area contributed by atoms with Crippen molar-refractivity contribution in [2.75, 3.05) is 0 Å².